The zero-order valence-electron chi connectivity index (χ0n) is 24.5. The highest BCUT2D eigenvalue weighted by Crippen LogP contribution is 2.60. The van der Waals surface area contributed by atoms with Crippen molar-refractivity contribution in [2.24, 2.45) is 0 Å². The van der Waals surface area contributed by atoms with Crippen molar-refractivity contribution in [3.63, 3.8) is 0 Å². The van der Waals surface area contributed by atoms with Crippen LogP contribution in [0.3, 0.4) is 0 Å². The lowest BCUT2D eigenvalue weighted by atomic mass is 9.71. The van der Waals surface area contributed by atoms with Crippen LogP contribution in [-0.4, -0.2) is 11.0 Å². The molecule has 4 aromatic rings. The van der Waals surface area contributed by atoms with Crippen molar-refractivity contribution in [1.82, 2.24) is 0 Å². The number of rotatable bonds is 3. The highest BCUT2D eigenvalue weighted by atomic mass is 79.9. The molecule has 0 radical (unpaired) electrons. The first-order valence-electron chi connectivity index (χ1n) is 14.1. The molecule has 2 heterocycles. The standard InChI is InChI=1S/C36H36BrNO3/c1-34(2,3)27-18-23(19-28(32(27)39)35(4,5)6)31-25-14-10-11-15-30(25)41-36(31)26-20-24(37)16-17-29(26)38(33(36)40)21-22-12-8-7-9-13-22/h7-20,31,39H,21H2,1-6H3/t31-,36+/m1/s1. The summed E-state index contributed by atoms with van der Waals surface area (Å²) < 4.78 is 7.78. The number of aromatic hydroxyl groups is 1. The van der Waals surface area contributed by atoms with E-state index in [9.17, 15) is 9.90 Å². The van der Waals surface area contributed by atoms with Crippen LogP contribution in [-0.2, 0) is 27.8 Å². The average molecular weight is 611 g/mol. The molecule has 5 heteroatoms. The van der Waals surface area contributed by atoms with Crippen molar-refractivity contribution in [2.45, 2.75) is 70.4 Å². The van der Waals surface area contributed by atoms with Gasteiger partial charge in [0.15, 0.2) is 0 Å². The van der Waals surface area contributed by atoms with E-state index in [4.69, 9.17) is 4.74 Å². The summed E-state index contributed by atoms with van der Waals surface area (Å²) >= 11 is 3.68. The number of ether oxygens (including phenoxy) is 1. The Balaban J connectivity index is 1.64. The summed E-state index contributed by atoms with van der Waals surface area (Å²) in [5.74, 6) is 0.531. The Bertz CT molecular complexity index is 1630. The number of anilines is 1. The van der Waals surface area contributed by atoms with Crippen LogP contribution in [0.2, 0.25) is 0 Å². The predicted octanol–water partition coefficient (Wildman–Crippen LogP) is 8.72. The molecule has 6 rings (SSSR count). The molecular weight excluding hydrogens is 574 g/mol. The van der Waals surface area contributed by atoms with Gasteiger partial charge in [0.25, 0.3) is 5.91 Å². The largest absolute Gasteiger partial charge is 0.507 e. The lowest BCUT2D eigenvalue weighted by molar-refractivity contribution is -0.133. The van der Waals surface area contributed by atoms with Gasteiger partial charge in [0.05, 0.1) is 18.2 Å². The Hall–Kier alpha value is -3.57. The second kappa shape index (κ2) is 9.49. The third-order valence-electron chi connectivity index (χ3n) is 8.39. The van der Waals surface area contributed by atoms with Crippen LogP contribution in [0, 0.1) is 0 Å². The number of para-hydroxylation sites is 1. The lowest BCUT2D eigenvalue weighted by Crippen LogP contribution is -2.46. The number of hydrogen-bond acceptors (Lipinski definition) is 3. The van der Waals surface area contributed by atoms with Crippen LogP contribution in [0.25, 0.3) is 0 Å². The van der Waals surface area contributed by atoms with E-state index >= 15 is 0 Å². The molecule has 210 valence electrons. The summed E-state index contributed by atoms with van der Waals surface area (Å²) in [5.41, 5.74) is 4.48. The van der Waals surface area contributed by atoms with Gasteiger partial charge in [-0.25, -0.2) is 0 Å². The van der Waals surface area contributed by atoms with E-state index in [0.717, 1.165) is 43.5 Å². The normalized spacial score (nSPS) is 19.8. The maximum absolute atomic E-state index is 14.9. The van der Waals surface area contributed by atoms with Crippen LogP contribution >= 0.6 is 15.9 Å². The molecule has 41 heavy (non-hydrogen) atoms. The molecule has 2 atom stereocenters. The number of carbonyl (C=O) groups is 1. The van der Waals surface area contributed by atoms with Gasteiger partial charge in [0.2, 0.25) is 5.60 Å². The van der Waals surface area contributed by atoms with E-state index in [2.05, 4.69) is 75.7 Å². The Kier molecular flexibility index (Phi) is 6.38. The second-order valence-electron chi connectivity index (χ2n) is 13.3. The SMILES string of the molecule is CC(C)(C)c1cc([C@@H]2c3ccccc3O[C@]23C(=O)N(Cc2ccccc2)c2ccc(Br)cc23)cc(C(C)(C)C)c1O. The summed E-state index contributed by atoms with van der Waals surface area (Å²) in [6, 6.07) is 28.3. The molecule has 0 saturated heterocycles. The number of amides is 1. The lowest BCUT2D eigenvalue weighted by Gasteiger charge is -2.33. The van der Waals surface area contributed by atoms with E-state index in [1.165, 1.54) is 0 Å². The van der Waals surface area contributed by atoms with Crippen molar-refractivity contribution < 1.29 is 14.6 Å². The quantitative estimate of drug-likeness (QED) is 0.253. The molecular formula is C36H36BrNO3. The summed E-state index contributed by atoms with van der Waals surface area (Å²) in [4.78, 5) is 16.8. The molecule has 4 aromatic carbocycles. The summed E-state index contributed by atoms with van der Waals surface area (Å²) in [6.07, 6.45) is 0. The summed E-state index contributed by atoms with van der Waals surface area (Å²) in [5, 5.41) is 11.5. The molecule has 0 unspecified atom stereocenters. The zero-order valence-corrected chi connectivity index (χ0v) is 26.0. The third kappa shape index (κ3) is 4.37. The number of hydrogen-bond donors (Lipinski definition) is 1. The number of phenolic OH excluding ortho intramolecular Hbond substituents is 1. The molecule has 0 fully saturated rings. The smallest absolute Gasteiger partial charge is 0.277 e. The van der Waals surface area contributed by atoms with Gasteiger partial charge in [0, 0.05) is 15.6 Å². The van der Waals surface area contributed by atoms with Crippen molar-refractivity contribution >= 4 is 27.5 Å². The van der Waals surface area contributed by atoms with Crippen LogP contribution < -0.4 is 9.64 Å². The van der Waals surface area contributed by atoms with Gasteiger partial charge < -0.3 is 14.7 Å². The van der Waals surface area contributed by atoms with Crippen molar-refractivity contribution in [3.8, 4) is 11.5 Å². The number of nitrogens with zero attached hydrogens (tertiary/aromatic N) is 1. The van der Waals surface area contributed by atoms with Crippen LogP contribution in [0.15, 0.2) is 89.4 Å². The minimum Gasteiger partial charge on any atom is -0.507 e. The monoisotopic (exact) mass is 609 g/mol. The molecule has 1 spiro atoms. The minimum atomic E-state index is -1.29. The minimum absolute atomic E-state index is 0.0849. The second-order valence-corrected chi connectivity index (χ2v) is 14.2. The molecule has 4 nitrogen and oxygen atoms in total. The van der Waals surface area contributed by atoms with E-state index in [0.29, 0.717) is 18.0 Å². The topological polar surface area (TPSA) is 49.8 Å². The van der Waals surface area contributed by atoms with Crippen LogP contribution in [0.1, 0.15) is 80.8 Å². The number of benzene rings is 4. The first-order valence-corrected chi connectivity index (χ1v) is 14.9. The molecule has 0 saturated carbocycles. The van der Waals surface area contributed by atoms with Crippen molar-refractivity contribution in [3.05, 3.63) is 123 Å². The summed E-state index contributed by atoms with van der Waals surface area (Å²) in [6.45, 7) is 13.1. The van der Waals surface area contributed by atoms with Gasteiger partial charge in [-0.15, -0.1) is 0 Å². The van der Waals surface area contributed by atoms with Crippen LogP contribution in [0.4, 0.5) is 5.69 Å². The fourth-order valence-electron chi connectivity index (χ4n) is 6.41. The average Bonchev–Trinajstić information content (AvgIpc) is 3.37. The first kappa shape index (κ1) is 27.6. The van der Waals surface area contributed by atoms with Gasteiger partial charge in [-0.05, 0) is 57.3 Å². The fourth-order valence-corrected chi connectivity index (χ4v) is 6.77. The molecule has 2 aliphatic heterocycles. The Morgan fingerprint density at radius 2 is 1.46 bits per heavy atom. The van der Waals surface area contributed by atoms with E-state index < -0.39 is 11.5 Å². The summed E-state index contributed by atoms with van der Waals surface area (Å²) in [7, 11) is 0. The third-order valence-corrected chi connectivity index (χ3v) is 8.88. The van der Waals surface area contributed by atoms with Crippen molar-refractivity contribution in [1.29, 1.82) is 0 Å². The van der Waals surface area contributed by atoms with Crippen molar-refractivity contribution in [2.75, 3.05) is 4.90 Å². The Morgan fingerprint density at radius 3 is 2.10 bits per heavy atom. The number of fused-ring (bicyclic) bond motifs is 3. The van der Waals surface area contributed by atoms with Gasteiger partial charge in [-0.3, -0.25) is 4.79 Å². The van der Waals surface area contributed by atoms with E-state index in [1.54, 1.807) is 0 Å². The highest BCUT2D eigenvalue weighted by molar-refractivity contribution is 9.10. The zero-order chi connectivity index (χ0) is 29.3. The highest BCUT2D eigenvalue weighted by Gasteiger charge is 2.63. The predicted molar refractivity (Wildman–Crippen MR) is 168 cm³/mol. The van der Waals surface area contributed by atoms with E-state index in [-0.39, 0.29) is 16.7 Å². The molecule has 2 aliphatic rings. The number of phenols is 1. The molecule has 1 amide bonds. The maximum Gasteiger partial charge on any atom is 0.277 e. The molecule has 0 aliphatic carbocycles. The van der Waals surface area contributed by atoms with Crippen LogP contribution in [0.5, 0.6) is 11.5 Å². The van der Waals surface area contributed by atoms with E-state index in [1.807, 2.05) is 71.6 Å². The number of carbonyl (C=O) groups excluding carboxylic acids is 1. The Morgan fingerprint density at radius 1 is 0.854 bits per heavy atom. The van der Waals surface area contributed by atoms with Gasteiger partial charge in [-0.2, -0.15) is 0 Å². The fraction of sp³-hybridized carbons (Fsp3) is 0.306. The maximum atomic E-state index is 14.9. The van der Waals surface area contributed by atoms with Gasteiger partial charge in [-0.1, -0.05) is 118 Å². The molecule has 1 N–H and O–H groups in total. The first-order chi connectivity index (χ1) is 19.3. The Labute approximate surface area is 251 Å². The van der Waals surface area contributed by atoms with Gasteiger partial charge in [0.1, 0.15) is 11.5 Å². The van der Waals surface area contributed by atoms with Gasteiger partial charge >= 0.3 is 0 Å². The number of halogens is 1. The molecule has 0 aromatic heterocycles. The molecule has 0 bridgehead atoms.